The number of aromatic nitrogens is 1. The third-order valence-electron chi connectivity index (χ3n) is 4.70. The van der Waals surface area contributed by atoms with Crippen LogP contribution in [0.25, 0.3) is 10.9 Å². The smallest absolute Gasteiger partial charge is 0.329 e. The van der Waals surface area contributed by atoms with Gasteiger partial charge in [-0.1, -0.05) is 15.9 Å². The molecule has 7 nitrogen and oxygen atoms in total. The predicted molar refractivity (Wildman–Crippen MR) is 99.8 cm³/mol. The van der Waals surface area contributed by atoms with Crippen molar-refractivity contribution in [2.75, 3.05) is 13.2 Å². The van der Waals surface area contributed by atoms with E-state index in [0.29, 0.717) is 21.7 Å². The Labute approximate surface area is 163 Å². The second kappa shape index (κ2) is 7.26. The summed E-state index contributed by atoms with van der Waals surface area (Å²) in [5, 5.41) is 0.475. The normalized spacial score (nSPS) is 15.3. The van der Waals surface area contributed by atoms with Gasteiger partial charge in [0.25, 0.3) is 0 Å². The van der Waals surface area contributed by atoms with Crippen molar-refractivity contribution in [3.8, 4) is 0 Å². The average Bonchev–Trinajstić information content (AvgIpc) is 2.97. The number of rotatable bonds is 5. The van der Waals surface area contributed by atoms with Crippen molar-refractivity contribution >= 4 is 51.0 Å². The Morgan fingerprint density at radius 3 is 2.41 bits per heavy atom. The van der Waals surface area contributed by atoms with Crippen LogP contribution in [0, 0.1) is 0 Å². The van der Waals surface area contributed by atoms with Gasteiger partial charge in [-0.05, 0) is 38.5 Å². The van der Waals surface area contributed by atoms with Crippen LogP contribution < -0.4 is 0 Å². The molecule has 142 valence electrons. The zero-order valence-corrected chi connectivity index (χ0v) is 16.5. The summed E-state index contributed by atoms with van der Waals surface area (Å²) in [7, 11) is 0. The number of nitrogens with zero attached hydrogens (tertiary/aromatic N) is 1. The number of fused-ring (bicyclic) bond motifs is 3. The molecule has 1 aliphatic rings. The molecule has 1 aromatic heterocycles. The van der Waals surface area contributed by atoms with E-state index >= 15 is 0 Å². The van der Waals surface area contributed by atoms with Crippen LogP contribution in [0.4, 0.5) is 0 Å². The van der Waals surface area contributed by atoms with E-state index in [2.05, 4.69) is 15.9 Å². The number of carbonyl (C=O) groups is 4. The Hall–Kier alpha value is -2.48. The highest BCUT2D eigenvalue weighted by atomic mass is 79.9. The molecule has 0 fully saturated rings. The third kappa shape index (κ3) is 2.79. The Morgan fingerprint density at radius 2 is 1.85 bits per heavy atom. The molecule has 0 amide bonds. The van der Waals surface area contributed by atoms with Crippen molar-refractivity contribution in [2.45, 2.75) is 32.1 Å². The number of carbonyl (C=O) groups excluding carboxylic acids is 4. The highest BCUT2D eigenvalue weighted by molar-refractivity contribution is 9.10. The third-order valence-corrected chi connectivity index (χ3v) is 5.19. The topological polar surface area (TPSA) is 91.7 Å². The van der Waals surface area contributed by atoms with Crippen molar-refractivity contribution in [3.05, 3.63) is 33.9 Å². The van der Waals surface area contributed by atoms with Gasteiger partial charge < -0.3 is 9.47 Å². The van der Waals surface area contributed by atoms with Gasteiger partial charge in [0.1, 0.15) is 0 Å². The first-order valence-corrected chi connectivity index (χ1v) is 9.38. The molecular weight excluding hydrogens is 418 g/mol. The molecule has 2 heterocycles. The molecule has 8 heteroatoms. The number of benzene rings is 1. The van der Waals surface area contributed by atoms with Crippen molar-refractivity contribution in [1.82, 2.24) is 4.57 Å². The van der Waals surface area contributed by atoms with Gasteiger partial charge in [-0.2, -0.15) is 0 Å². The summed E-state index contributed by atoms with van der Waals surface area (Å²) in [5.74, 6) is -1.93. The number of hydrogen-bond acceptors (Lipinski definition) is 6. The molecule has 3 rings (SSSR count). The van der Waals surface area contributed by atoms with Crippen LogP contribution in [0.1, 0.15) is 47.5 Å². The van der Waals surface area contributed by atoms with Crippen LogP contribution in [-0.2, 0) is 24.5 Å². The maximum atomic E-state index is 12.9. The van der Waals surface area contributed by atoms with Gasteiger partial charge in [0, 0.05) is 21.8 Å². The van der Waals surface area contributed by atoms with Crippen molar-refractivity contribution in [2.24, 2.45) is 0 Å². The lowest BCUT2D eigenvalue weighted by atomic mass is 9.76. The molecule has 1 aromatic carbocycles. The van der Waals surface area contributed by atoms with E-state index in [1.807, 2.05) is 0 Å². The fraction of sp³-hybridized carbons (Fsp3) is 0.368. The SMILES string of the molecule is CCOC(=O)C1(C(=O)OCC)CCC(=O)n2c1c(C=O)c1cc(Br)ccc12. The molecule has 2 aromatic rings. The number of ether oxygens (including phenoxy) is 2. The van der Waals surface area contributed by atoms with Gasteiger partial charge >= 0.3 is 11.9 Å². The summed E-state index contributed by atoms with van der Waals surface area (Å²) in [4.78, 5) is 50.6. The standard InChI is InChI=1S/C19H18BrNO6/c1-3-26-17(24)19(18(25)27-4-2)8-7-15(23)21-14-6-5-11(20)9-12(14)13(10-22)16(19)21/h5-6,9-10H,3-4,7-8H2,1-2H3. The van der Waals surface area contributed by atoms with E-state index < -0.39 is 17.4 Å². The Kier molecular flexibility index (Phi) is 5.19. The zero-order valence-electron chi connectivity index (χ0n) is 14.9. The zero-order chi connectivity index (χ0) is 19.8. The first kappa shape index (κ1) is 19.3. The lowest BCUT2D eigenvalue weighted by molar-refractivity contribution is -0.165. The monoisotopic (exact) mass is 435 g/mol. The first-order chi connectivity index (χ1) is 12.9. The summed E-state index contributed by atoms with van der Waals surface area (Å²) >= 11 is 3.35. The van der Waals surface area contributed by atoms with Crippen LogP contribution in [0.15, 0.2) is 22.7 Å². The number of halogens is 1. The van der Waals surface area contributed by atoms with Gasteiger partial charge in [-0.3, -0.25) is 23.7 Å². The first-order valence-electron chi connectivity index (χ1n) is 8.59. The van der Waals surface area contributed by atoms with E-state index in [1.165, 1.54) is 4.57 Å². The highest BCUT2D eigenvalue weighted by Gasteiger charge is 2.57. The minimum absolute atomic E-state index is 0.0266. The largest absolute Gasteiger partial charge is 0.465 e. The van der Waals surface area contributed by atoms with Gasteiger partial charge in [0.05, 0.1) is 24.4 Å². The molecule has 1 aliphatic heterocycles. The number of esters is 2. The maximum Gasteiger partial charge on any atom is 0.329 e. The second-order valence-electron chi connectivity index (χ2n) is 6.12. The lowest BCUT2D eigenvalue weighted by Gasteiger charge is -2.33. The fourth-order valence-electron chi connectivity index (χ4n) is 3.60. The second-order valence-corrected chi connectivity index (χ2v) is 7.03. The number of hydrogen-bond donors (Lipinski definition) is 0. The highest BCUT2D eigenvalue weighted by Crippen LogP contribution is 2.43. The summed E-state index contributed by atoms with van der Waals surface area (Å²) in [5.41, 5.74) is -1.26. The Morgan fingerprint density at radius 1 is 1.22 bits per heavy atom. The van der Waals surface area contributed by atoms with Gasteiger partial charge in [-0.15, -0.1) is 0 Å². The summed E-state index contributed by atoms with van der Waals surface area (Å²) in [6, 6.07) is 5.07. The quantitative estimate of drug-likeness (QED) is 0.407. The molecule has 0 aliphatic carbocycles. The molecule has 0 radical (unpaired) electrons. The van der Waals surface area contributed by atoms with E-state index in [9.17, 15) is 19.2 Å². The summed E-state index contributed by atoms with van der Waals surface area (Å²) in [6.07, 6.45) is 0.400. The molecular formula is C19H18BrNO6. The van der Waals surface area contributed by atoms with E-state index in [1.54, 1.807) is 32.0 Å². The molecule has 0 atom stereocenters. The van der Waals surface area contributed by atoms with E-state index in [0.717, 1.165) is 0 Å². The summed E-state index contributed by atoms with van der Waals surface area (Å²) < 4.78 is 12.3. The molecule has 0 spiro atoms. The summed E-state index contributed by atoms with van der Waals surface area (Å²) in [6.45, 7) is 3.35. The van der Waals surface area contributed by atoms with Crippen LogP contribution in [0.3, 0.4) is 0 Å². The van der Waals surface area contributed by atoms with Crippen LogP contribution in [0.2, 0.25) is 0 Å². The lowest BCUT2D eigenvalue weighted by Crippen LogP contribution is -2.51. The van der Waals surface area contributed by atoms with Crippen molar-refractivity contribution in [1.29, 1.82) is 0 Å². The van der Waals surface area contributed by atoms with Gasteiger partial charge in [-0.25, -0.2) is 0 Å². The van der Waals surface area contributed by atoms with E-state index in [-0.39, 0.29) is 43.2 Å². The molecule has 0 saturated carbocycles. The van der Waals surface area contributed by atoms with Crippen molar-refractivity contribution in [3.63, 3.8) is 0 Å². The Bertz CT molecular complexity index is 943. The van der Waals surface area contributed by atoms with E-state index in [4.69, 9.17) is 9.47 Å². The van der Waals surface area contributed by atoms with Crippen molar-refractivity contribution < 1.29 is 28.7 Å². The molecule has 27 heavy (non-hydrogen) atoms. The predicted octanol–water partition coefficient (Wildman–Crippen LogP) is 3.01. The van der Waals surface area contributed by atoms with Crippen LogP contribution in [-0.4, -0.2) is 41.9 Å². The minimum atomic E-state index is -1.86. The molecule has 0 bridgehead atoms. The molecule has 0 N–H and O–H groups in total. The van der Waals surface area contributed by atoms with Gasteiger partial charge in [0.2, 0.25) is 11.3 Å². The molecule has 0 unspecified atom stereocenters. The van der Waals surface area contributed by atoms with Crippen LogP contribution >= 0.6 is 15.9 Å². The van der Waals surface area contributed by atoms with Crippen LogP contribution in [0.5, 0.6) is 0 Å². The average molecular weight is 436 g/mol. The molecule has 0 saturated heterocycles. The maximum absolute atomic E-state index is 12.9. The fourth-order valence-corrected chi connectivity index (χ4v) is 3.96. The minimum Gasteiger partial charge on any atom is -0.465 e. The van der Waals surface area contributed by atoms with Gasteiger partial charge in [0.15, 0.2) is 6.29 Å². The number of aldehydes is 1. The Balaban J connectivity index is 2.44.